The fraction of sp³-hybridized carbons (Fsp3) is 0.333. The summed E-state index contributed by atoms with van der Waals surface area (Å²) < 4.78 is 5.57. The number of piperazine rings is 1. The molecule has 8 heteroatoms. The molecule has 0 aromatic heterocycles. The molecule has 3 amide bonds. The lowest BCUT2D eigenvalue weighted by atomic mass is 10.2. The Bertz CT molecular complexity index is 883. The number of anilines is 1. The molecule has 2 aromatic carbocycles. The van der Waals surface area contributed by atoms with Gasteiger partial charge in [-0.25, -0.2) is 4.79 Å². The van der Waals surface area contributed by atoms with Crippen LogP contribution in [0.4, 0.5) is 10.5 Å². The number of nitrogens with one attached hydrogen (secondary N) is 1. The summed E-state index contributed by atoms with van der Waals surface area (Å²) in [5.74, 6) is 0.577. The number of amides is 3. The highest BCUT2D eigenvalue weighted by molar-refractivity contribution is 6.42. The summed E-state index contributed by atoms with van der Waals surface area (Å²) in [6.07, 6.45) is 0.260. The highest BCUT2D eigenvalue weighted by Crippen LogP contribution is 2.26. The van der Waals surface area contributed by atoms with Crippen molar-refractivity contribution in [1.82, 2.24) is 9.80 Å². The molecule has 1 aliphatic rings. The smallest absolute Gasteiger partial charge is 0.321 e. The second-order valence-electron chi connectivity index (χ2n) is 6.84. The molecule has 2 aromatic rings. The van der Waals surface area contributed by atoms with Crippen LogP contribution in [0.25, 0.3) is 0 Å². The van der Waals surface area contributed by atoms with Crippen molar-refractivity contribution in [2.24, 2.45) is 0 Å². The van der Waals surface area contributed by atoms with E-state index in [0.717, 1.165) is 11.3 Å². The first-order valence-corrected chi connectivity index (χ1v) is 10.2. The second kappa shape index (κ2) is 9.85. The summed E-state index contributed by atoms with van der Waals surface area (Å²) in [6, 6.07) is 12.5. The molecule has 0 unspecified atom stereocenters. The molecule has 1 heterocycles. The van der Waals surface area contributed by atoms with Gasteiger partial charge in [-0.1, -0.05) is 35.3 Å². The third-order valence-corrected chi connectivity index (χ3v) is 5.40. The van der Waals surface area contributed by atoms with Crippen molar-refractivity contribution in [3.05, 3.63) is 58.1 Å². The van der Waals surface area contributed by atoms with Gasteiger partial charge >= 0.3 is 6.03 Å². The Morgan fingerprint density at radius 1 is 1.00 bits per heavy atom. The summed E-state index contributed by atoms with van der Waals surface area (Å²) in [5, 5.41) is 3.77. The summed E-state index contributed by atoms with van der Waals surface area (Å²) in [5.41, 5.74) is 1.86. The molecule has 0 radical (unpaired) electrons. The van der Waals surface area contributed by atoms with Crippen molar-refractivity contribution >= 4 is 40.8 Å². The van der Waals surface area contributed by atoms with Crippen LogP contribution in [0.1, 0.15) is 12.0 Å². The Balaban J connectivity index is 1.40. The van der Waals surface area contributed by atoms with Gasteiger partial charge in [0.1, 0.15) is 5.75 Å². The van der Waals surface area contributed by atoms with E-state index in [-0.39, 0.29) is 25.0 Å². The number of rotatable bonds is 5. The van der Waals surface area contributed by atoms with Crippen LogP contribution in [0.5, 0.6) is 5.75 Å². The Morgan fingerprint density at radius 2 is 1.72 bits per heavy atom. The number of nitrogens with zero attached hydrogens (tertiary/aromatic N) is 2. The summed E-state index contributed by atoms with van der Waals surface area (Å²) in [4.78, 5) is 28.3. The minimum absolute atomic E-state index is 0.00352. The number of carbonyl (C=O) groups is 2. The van der Waals surface area contributed by atoms with Crippen molar-refractivity contribution in [3.63, 3.8) is 0 Å². The quantitative estimate of drug-likeness (QED) is 0.754. The van der Waals surface area contributed by atoms with Crippen LogP contribution in [0.3, 0.4) is 0 Å². The van der Waals surface area contributed by atoms with E-state index < -0.39 is 0 Å². The minimum atomic E-state index is -0.148. The normalized spacial score (nSPS) is 13.9. The molecule has 3 rings (SSSR count). The zero-order valence-corrected chi connectivity index (χ0v) is 17.7. The lowest BCUT2D eigenvalue weighted by Gasteiger charge is -2.34. The second-order valence-corrected chi connectivity index (χ2v) is 7.66. The maximum absolute atomic E-state index is 12.4. The Hall–Kier alpha value is -2.44. The Kier molecular flexibility index (Phi) is 7.23. The van der Waals surface area contributed by atoms with Crippen LogP contribution in [0.2, 0.25) is 10.0 Å². The Labute approximate surface area is 180 Å². The molecule has 1 saturated heterocycles. The first-order chi connectivity index (χ1) is 13.9. The number of aryl methyl sites for hydroxylation is 1. The first-order valence-electron chi connectivity index (χ1n) is 9.40. The number of hydrogen-bond acceptors (Lipinski definition) is 3. The van der Waals surface area contributed by atoms with Gasteiger partial charge in [0.25, 0.3) is 0 Å². The fourth-order valence-corrected chi connectivity index (χ4v) is 3.35. The van der Waals surface area contributed by atoms with Crippen LogP contribution >= 0.6 is 23.2 Å². The molecule has 0 bridgehead atoms. The highest BCUT2D eigenvalue weighted by atomic mass is 35.5. The van der Waals surface area contributed by atoms with Gasteiger partial charge in [0.15, 0.2) is 0 Å². The standard InChI is InChI=1S/C21H23Cl2N3O3/c1-15-3-2-4-16(13-15)24-21(28)26-10-8-25(9-11-26)20(27)7-12-29-17-5-6-18(22)19(23)14-17/h2-6,13-14H,7-12H2,1H3,(H,24,28). The Morgan fingerprint density at radius 3 is 2.41 bits per heavy atom. The zero-order chi connectivity index (χ0) is 20.8. The monoisotopic (exact) mass is 435 g/mol. The number of benzene rings is 2. The lowest BCUT2D eigenvalue weighted by Crippen LogP contribution is -2.51. The van der Waals surface area contributed by atoms with E-state index in [2.05, 4.69) is 5.32 Å². The van der Waals surface area contributed by atoms with Gasteiger partial charge in [-0.3, -0.25) is 4.79 Å². The predicted octanol–water partition coefficient (Wildman–Crippen LogP) is 4.45. The van der Waals surface area contributed by atoms with Crippen molar-refractivity contribution in [2.75, 3.05) is 38.1 Å². The number of halogens is 2. The molecule has 1 aliphatic heterocycles. The van der Waals surface area contributed by atoms with E-state index in [1.165, 1.54) is 0 Å². The molecule has 1 fully saturated rings. The van der Waals surface area contributed by atoms with Gasteiger partial charge in [-0.2, -0.15) is 0 Å². The predicted molar refractivity (Wildman–Crippen MR) is 115 cm³/mol. The molecule has 154 valence electrons. The third kappa shape index (κ3) is 6.02. The first kappa shape index (κ1) is 21.3. The minimum Gasteiger partial charge on any atom is -0.493 e. The molecule has 0 atom stereocenters. The van der Waals surface area contributed by atoms with Crippen LogP contribution < -0.4 is 10.1 Å². The zero-order valence-electron chi connectivity index (χ0n) is 16.2. The fourth-order valence-electron chi connectivity index (χ4n) is 3.07. The van der Waals surface area contributed by atoms with Crippen molar-refractivity contribution in [2.45, 2.75) is 13.3 Å². The van der Waals surface area contributed by atoms with Crippen LogP contribution in [0, 0.1) is 6.92 Å². The van der Waals surface area contributed by atoms with Gasteiger partial charge < -0.3 is 19.9 Å². The molecular formula is C21H23Cl2N3O3. The van der Waals surface area contributed by atoms with Gasteiger partial charge in [0, 0.05) is 37.9 Å². The number of hydrogen-bond donors (Lipinski definition) is 1. The van der Waals surface area contributed by atoms with E-state index >= 15 is 0 Å². The van der Waals surface area contributed by atoms with E-state index in [9.17, 15) is 9.59 Å². The van der Waals surface area contributed by atoms with E-state index in [1.807, 2.05) is 31.2 Å². The van der Waals surface area contributed by atoms with Crippen LogP contribution in [0.15, 0.2) is 42.5 Å². The SMILES string of the molecule is Cc1cccc(NC(=O)N2CCN(C(=O)CCOc3ccc(Cl)c(Cl)c3)CC2)c1. The van der Waals surface area contributed by atoms with Gasteiger partial charge in [-0.05, 0) is 36.8 Å². The summed E-state index contributed by atoms with van der Waals surface area (Å²) >= 11 is 11.8. The van der Waals surface area contributed by atoms with Gasteiger partial charge in [0.2, 0.25) is 5.91 Å². The molecule has 0 aliphatic carbocycles. The average molecular weight is 436 g/mol. The molecular weight excluding hydrogens is 413 g/mol. The van der Waals surface area contributed by atoms with Gasteiger partial charge in [-0.15, -0.1) is 0 Å². The van der Waals surface area contributed by atoms with Crippen molar-refractivity contribution < 1.29 is 14.3 Å². The topological polar surface area (TPSA) is 61.9 Å². The van der Waals surface area contributed by atoms with Crippen LogP contribution in [-0.4, -0.2) is 54.5 Å². The third-order valence-electron chi connectivity index (χ3n) is 4.66. The molecule has 0 spiro atoms. The summed E-state index contributed by atoms with van der Waals surface area (Å²) in [6.45, 7) is 4.24. The molecule has 6 nitrogen and oxygen atoms in total. The molecule has 1 N–H and O–H groups in total. The van der Waals surface area contributed by atoms with E-state index in [0.29, 0.717) is 42.0 Å². The van der Waals surface area contributed by atoms with E-state index in [4.69, 9.17) is 27.9 Å². The van der Waals surface area contributed by atoms with Crippen LogP contribution in [-0.2, 0) is 4.79 Å². The average Bonchev–Trinajstić information content (AvgIpc) is 2.70. The number of carbonyl (C=O) groups excluding carboxylic acids is 2. The van der Waals surface area contributed by atoms with E-state index in [1.54, 1.807) is 28.0 Å². The maximum atomic E-state index is 12.4. The van der Waals surface area contributed by atoms with Crippen molar-refractivity contribution in [1.29, 1.82) is 0 Å². The van der Waals surface area contributed by atoms with Gasteiger partial charge in [0.05, 0.1) is 23.1 Å². The molecule has 0 saturated carbocycles. The summed E-state index contributed by atoms with van der Waals surface area (Å²) in [7, 11) is 0. The molecule has 29 heavy (non-hydrogen) atoms. The maximum Gasteiger partial charge on any atom is 0.321 e. The number of urea groups is 1. The van der Waals surface area contributed by atoms with Crippen molar-refractivity contribution in [3.8, 4) is 5.75 Å². The lowest BCUT2D eigenvalue weighted by molar-refractivity contribution is -0.133. The highest BCUT2D eigenvalue weighted by Gasteiger charge is 2.24. The number of ether oxygens (including phenoxy) is 1. The largest absolute Gasteiger partial charge is 0.493 e.